The molecule has 0 aliphatic rings. The topological polar surface area (TPSA) is 99.3 Å². The molecule has 0 aliphatic heterocycles. The number of carboxylic acid groups (broad SMARTS) is 1. The van der Waals surface area contributed by atoms with Crippen LogP contribution >= 0.6 is 0 Å². The fourth-order valence-electron chi connectivity index (χ4n) is 2.02. The van der Waals surface area contributed by atoms with Crippen molar-refractivity contribution < 1.29 is 18.3 Å². The zero-order valence-corrected chi connectivity index (χ0v) is 12.5. The van der Waals surface area contributed by atoms with Crippen molar-refractivity contribution in [1.29, 1.82) is 0 Å². The van der Waals surface area contributed by atoms with Crippen LogP contribution in [0, 0.1) is 6.92 Å². The summed E-state index contributed by atoms with van der Waals surface area (Å²) in [7, 11) is -3.83. The van der Waals surface area contributed by atoms with Crippen molar-refractivity contribution in [2.24, 2.45) is 0 Å². The van der Waals surface area contributed by atoms with Crippen LogP contribution in [-0.4, -0.2) is 24.5 Å². The molecule has 21 heavy (non-hydrogen) atoms. The molecule has 0 saturated heterocycles. The van der Waals surface area contributed by atoms with Gasteiger partial charge in [0.2, 0.25) is 0 Å². The second-order valence-electron chi connectivity index (χ2n) is 4.62. The molecule has 3 N–H and O–H groups in total. The lowest BCUT2D eigenvalue weighted by molar-refractivity contribution is 0.0691. The Morgan fingerprint density at radius 1 is 1.38 bits per heavy atom. The lowest BCUT2D eigenvalue weighted by atomic mass is 10.1. The summed E-state index contributed by atoms with van der Waals surface area (Å²) in [6.45, 7) is 3.75. The van der Waals surface area contributed by atoms with Crippen molar-refractivity contribution in [1.82, 2.24) is 4.98 Å². The highest BCUT2D eigenvalue weighted by Crippen LogP contribution is 2.24. The minimum Gasteiger partial charge on any atom is -0.477 e. The van der Waals surface area contributed by atoms with Crippen molar-refractivity contribution in [2.45, 2.75) is 25.2 Å². The van der Waals surface area contributed by atoms with Crippen LogP contribution in [0.5, 0.6) is 0 Å². The van der Waals surface area contributed by atoms with Crippen molar-refractivity contribution in [3.05, 3.63) is 47.3 Å². The van der Waals surface area contributed by atoms with E-state index in [2.05, 4.69) is 9.71 Å². The lowest BCUT2D eigenvalue weighted by Gasteiger charge is -2.13. The minimum atomic E-state index is -3.83. The van der Waals surface area contributed by atoms with Gasteiger partial charge in [0.15, 0.2) is 0 Å². The smallest absolute Gasteiger partial charge is 0.352 e. The predicted octanol–water partition coefficient (Wildman–Crippen LogP) is 2.38. The van der Waals surface area contributed by atoms with Gasteiger partial charge in [0.1, 0.15) is 10.6 Å². The third-order valence-electron chi connectivity index (χ3n) is 3.17. The number of aromatic nitrogens is 1. The molecule has 1 aromatic carbocycles. The van der Waals surface area contributed by atoms with Crippen LogP contribution in [-0.2, 0) is 16.4 Å². The highest BCUT2D eigenvalue weighted by molar-refractivity contribution is 7.92. The van der Waals surface area contributed by atoms with Crippen LogP contribution in [0.25, 0.3) is 0 Å². The van der Waals surface area contributed by atoms with Crippen molar-refractivity contribution in [3.8, 4) is 0 Å². The molecule has 6 nitrogen and oxygen atoms in total. The molecule has 0 amide bonds. The Hall–Kier alpha value is -2.28. The first-order chi connectivity index (χ1) is 9.85. The highest BCUT2D eigenvalue weighted by atomic mass is 32.2. The van der Waals surface area contributed by atoms with Gasteiger partial charge in [0.05, 0.1) is 5.69 Å². The van der Waals surface area contributed by atoms with Crippen molar-refractivity contribution in [2.75, 3.05) is 4.72 Å². The fourth-order valence-corrected chi connectivity index (χ4v) is 3.18. The number of aryl methyl sites for hydroxylation is 2. The molecule has 1 aromatic heterocycles. The number of aromatic carboxylic acids is 1. The third kappa shape index (κ3) is 3.08. The zero-order chi connectivity index (χ0) is 15.6. The number of benzene rings is 1. The Bertz CT molecular complexity index is 778. The Labute approximate surface area is 122 Å². The summed E-state index contributed by atoms with van der Waals surface area (Å²) in [5.74, 6) is -1.21. The average Bonchev–Trinajstić information content (AvgIpc) is 2.91. The van der Waals surface area contributed by atoms with Gasteiger partial charge in [-0.25, -0.2) is 13.2 Å². The largest absolute Gasteiger partial charge is 0.477 e. The third-order valence-corrected chi connectivity index (χ3v) is 4.50. The number of hydrogen-bond donors (Lipinski definition) is 3. The molecule has 0 aliphatic carbocycles. The van der Waals surface area contributed by atoms with Gasteiger partial charge in [-0.15, -0.1) is 0 Å². The Morgan fingerprint density at radius 3 is 2.67 bits per heavy atom. The summed E-state index contributed by atoms with van der Waals surface area (Å²) in [5.41, 5.74) is 2.06. The van der Waals surface area contributed by atoms with E-state index < -0.39 is 16.0 Å². The van der Waals surface area contributed by atoms with Gasteiger partial charge >= 0.3 is 5.97 Å². The Kier molecular flexibility index (Phi) is 4.04. The number of H-pyrrole nitrogens is 1. The molecular formula is C14H16N2O4S. The standard InChI is InChI=1S/C14H16N2O4S/c1-3-10-6-4-5-9(2)13(10)16-21(19,20)11-7-12(14(17)18)15-8-11/h4-8,15-16H,3H2,1-2H3,(H,17,18). The summed E-state index contributed by atoms with van der Waals surface area (Å²) < 4.78 is 27.2. The number of aromatic amines is 1. The SMILES string of the molecule is CCc1cccc(C)c1NS(=O)(=O)c1c[nH]c(C(=O)O)c1. The molecule has 2 rings (SSSR count). The molecule has 112 valence electrons. The summed E-state index contributed by atoms with van der Waals surface area (Å²) >= 11 is 0. The molecule has 0 radical (unpaired) electrons. The van der Waals surface area contributed by atoms with Crippen LogP contribution in [0.2, 0.25) is 0 Å². The molecule has 0 atom stereocenters. The van der Waals surface area contributed by atoms with E-state index in [0.29, 0.717) is 12.1 Å². The zero-order valence-electron chi connectivity index (χ0n) is 11.7. The number of nitrogens with one attached hydrogen (secondary N) is 2. The molecule has 0 unspecified atom stereocenters. The van der Waals surface area contributed by atoms with Crippen LogP contribution in [0.15, 0.2) is 35.4 Å². The second kappa shape index (κ2) is 5.61. The molecule has 2 aromatic rings. The van der Waals surface area contributed by atoms with E-state index in [9.17, 15) is 13.2 Å². The Balaban J connectivity index is 2.40. The first-order valence-corrected chi connectivity index (χ1v) is 7.86. The van der Waals surface area contributed by atoms with Crippen LogP contribution in [0.1, 0.15) is 28.5 Å². The lowest BCUT2D eigenvalue weighted by Crippen LogP contribution is -2.14. The van der Waals surface area contributed by atoms with Gasteiger partial charge in [-0.3, -0.25) is 4.72 Å². The van der Waals surface area contributed by atoms with E-state index in [4.69, 9.17) is 5.11 Å². The van der Waals surface area contributed by atoms with Crippen LogP contribution < -0.4 is 4.72 Å². The normalized spacial score (nSPS) is 11.3. The molecule has 1 heterocycles. The number of carbonyl (C=O) groups is 1. The second-order valence-corrected chi connectivity index (χ2v) is 6.30. The number of sulfonamides is 1. The maximum Gasteiger partial charge on any atom is 0.352 e. The van der Waals surface area contributed by atoms with Crippen molar-refractivity contribution in [3.63, 3.8) is 0 Å². The fraction of sp³-hybridized carbons (Fsp3) is 0.214. The van der Waals surface area contributed by atoms with Gasteiger partial charge in [-0.2, -0.15) is 0 Å². The number of para-hydroxylation sites is 1. The van der Waals surface area contributed by atoms with Crippen LogP contribution in [0.3, 0.4) is 0 Å². The molecule has 0 bridgehead atoms. The Morgan fingerprint density at radius 2 is 2.10 bits per heavy atom. The molecule has 0 saturated carbocycles. The maximum absolute atomic E-state index is 12.3. The van der Waals surface area contributed by atoms with Gasteiger partial charge in [-0.05, 0) is 30.5 Å². The first-order valence-electron chi connectivity index (χ1n) is 6.38. The first kappa shape index (κ1) is 15.1. The minimum absolute atomic E-state index is 0.106. The van der Waals surface area contributed by atoms with E-state index in [0.717, 1.165) is 23.4 Å². The molecule has 0 spiro atoms. The van der Waals surface area contributed by atoms with Gasteiger partial charge in [-0.1, -0.05) is 25.1 Å². The predicted molar refractivity (Wildman–Crippen MR) is 79.1 cm³/mol. The molecule has 7 heteroatoms. The maximum atomic E-state index is 12.3. The van der Waals surface area contributed by atoms with E-state index in [1.807, 2.05) is 32.0 Å². The van der Waals surface area contributed by atoms with Crippen LogP contribution in [0.4, 0.5) is 5.69 Å². The highest BCUT2D eigenvalue weighted by Gasteiger charge is 2.20. The summed E-state index contributed by atoms with van der Waals surface area (Å²) in [5, 5.41) is 8.83. The van der Waals surface area contributed by atoms with E-state index >= 15 is 0 Å². The van der Waals surface area contributed by atoms with Gasteiger partial charge in [0.25, 0.3) is 10.0 Å². The van der Waals surface area contributed by atoms with Gasteiger partial charge < -0.3 is 10.1 Å². The summed E-state index contributed by atoms with van der Waals surface area (Å²) in [4.78, 5) is 13.1. The van der Waals surface area contributed by atoms with Crippen molar-refractivity contribution >= 4 is 21.7 Å². The van der Waals surface area contributed by atoms with E-state index in [1.54, 1.807) is 0 Å². The van der Waals surface area contributed by atoms with E-state index in [1.165, 1.54) is 0 Å². The molecular weight excluding hydrogens is 292 g/mol. The van der Waals surface area contributed by atoms with Gasteiger partial charge in [0, 0.05) is 6.20 Å². The number of hydrogen-bond acceptors (Lipinski definition) is 3. The summed E-state index contributed by atoms with van der Waals surface area (Å²) in [6, 6.07) is 6.63. The molecule has 0 fully saturated rings. The number of rotatable bonds is 5. The number of anilines is 1. The number of carboxylic acids is 1. The monoisotopic (exact) mass is 308 g/mol. The quantitative estimate of drug-likeness (QED) is 0.789. The average molecular weight is 308 g/mol. The van der Waals surface area contributed by atoms with E-state index in [-0.39, 0.29) is 10.6 Å². The summed E-state index contributed by atoms with van der Waals surface area (Å²) in [6.07, 6.45) is 1.85.